The van der Waals surface area contributed by atoms with E-state index in [1.165, 1.54) is 12.1 Å². The van der Waals surface area contributed by atoms with Gasteiger partial charge in [-0.1, -0.05) is 30.3 Å². The largest absolute Gasteiger partial charge is 0.349 e. The van der Waals surface area contributed by atoms with Crippen LogP contribution in [0.3, 0.4) is 0 Å². The minimum atomic E-state index is -0.417. The van der Waals surface area contributed by atoms with Gasteiger partial charge < -0.3 is 10.3 Å². The molecule has 0 aliphatic rings. The number of anilines is 1. The van der Waals surface area contributed by atoms with E-state index in [4.69, 9.17) is 0 Å². The van der Waals surface area contributed by atoms with Crippen LogP contribution in [-0.4, -0.2) is 14.9 Å². The Labute approximate surface area is 121 Å². The number of non-ortho nitro benzene ring substituents is 1. The number of aromatic nitrogens is 2. The number of nitrogens with zero attached hydrogens (tertiary/aromatic N) is 2. The van der Waals surface area contributed by atoms with Crippen LogP contribution in [0.25, 0.3) is 11.0 Å². The average Bonchev–Trinajstić information content (AvgIpc) is 2.89. The zero-order valence-corrected chi connectivity index (χ0v) is 11.4. The molecule has 6 heteroatoms. The summed E-state index contributed by atoms with van der Waals surface area (Å²) in [5.74, 6) is 0.599. The Morgan fingerprint density at radius 3 is 2.71 bits per heavy atom. The lowest BCUT2D eigenvalue weighted by molar-refractivity contribution is -0.384. The van der Waals surface area contributed by atoms with Crippen LogP contribution in [-0.2, 0) is 0 Å². The first-order valence-electron chi connectivity index (χ1n) is 6.59. The van der Waals surface area contributed by atoms with Gasteiger partial charge in [0, 0.05) is 12.1 Å². The fourth-order valence-electron chi connectivity index (χ4n) is 2.21. The van der Waals surface area contributed by atoms with E-state index in [-0.39, 0.29) is 11.7 Å². The van der Waals surface area contributed by atoms with Crippen molar-refractivity contribution in [1.82, 2.24) is 9.97 Å². The summed E-state index contributed by atoms with van der Waals surface area (Å²) in [6, 6.07) is 14.7. The number of aromatic amines is 1. The molecule has 0 radical (unpaired) electrons. The molecule has 2 N–H and O–H groups in total. The maximum Gasteiger partial charge on any atom is 0.271 e. The number of benzene rings is 2. The number of nitro benzene ring substituents is 1. The van der Waals surface area contributed by atoms with E-state index < -0.39 is 4.92 Å². The van der Waals surface area contributed by atoms with Crippen LogP contribution < -0.4 is 5.32 Å². The van der Waals surface area contributed by atoms with Gasteiger partial charge in [-0.25, -0.2) is 4.98 Å². The number of nitrogens with one attached hydrogen (secondary N) is 2. The van der Waals surface area contributed by atoms with Gasteiger partial charge in [0.15, 0.2) is 0 Å². The highest BCUT2D eigenvalue weighted by atomic mass is 16.6. The third-order valence-corrected chi connectivity index (χ3v) is 3.33. The van der Waals surface area contributed by atoms with Gasteiger partial charge in [0.1, 0.15) is 0 Å². The summed E-state index contributed by atoms with van der Waals surface area (Å²) in [5, 5.41) is 14.0. The molecule has 1 atom stereocenters. The zero-order chi connectivity index (χ0) is 14.8. The average molecular weight is 282 g/mol. The SMILES string of the molecule is CC(Nc1nc2ccc([N+](=O)[O-])cc2[nH]1)c1ccccc1. The van der Waals surface area contributed by atoms with Crippen molar-refractivity contribution in [1.29, 1.82) is 0 Å². The van der Waals surface area contributed by atoms with Crippen molar-refractivity contribution in [2.75, 3.05) is 5.32 Å². The highest BCUT2D eigenvalue weighted by molar-refractivity contribution is 5.79. The number of rotatable bonds is 4. The van der Waals surface area contributed by atoms with Gasteiger partial charge in [0.2, 0.25) is 5.95 Å². The Bertz CT molecular complexity index is 783. The van der Waals surface area contributed by atoms with Crippen LogP contribution >= 0.6 is 0 Å². The number of nitro groups is 1. The number of imidazole rings is 1. The van der Waals surface area contributed by atoms with Gasteiger partial charge in [-0.05, 0) is 18.6 Å². The van der Waals surface area contributed by atoms with Crippen molar-refractivity contribution in [3.8, 4) is 0 Å². The lowest BCUT2D eigenvalue weighted by atomic mass is 10.1. The highest BCUT2D eigenvalue weighted by Gasteiger charge is 2.11. The summed E-state index contributed by atoms with van der Waals surface area (Å²) in [6.07, 6.45) is 0. The van der Waals surface area contributed by atoms with Crippen LogP contribution in [0.1, 0.15) is 18.5 Å². The number of fused-ring (bicyclic) bond motifs is 1. The molecule has 2 aromatic carbocycles. The van der Waals surface area contributed by atoms with Crippen molar-refractivity contribution in [3.63, 3.8) is 0 Å². The highest BCUT2D eigenvalue weighted by Crippen LogP contribution is 2.23. The molecular formula is C15H14N4O2. The molecule has 3 rings (SSSR count). The molecule has 0 fully saturated rings. The summed E-state index contributed by atoms with van der Waals surface area (Å²) in [7, 11) is 0. The second kappa shape index (κ2) is 5.24. The van der Waals surface area contributed by atoms with Gasteiger partial charge in [-0.15, -0.1) is 0 Å². The first-order valence-corrected chi connectivity index (χ1v) is 6.59. The van der Waals surface area contributed by atoms with E-state index >= 15 is 0 Å². The molecule has 3 aromatic rings. The Balaban J connectivity index is 1.86. The molecule has 0 aliphatic heterocycles. The predicted molar refractivity (Wildman–Crippen MR) is 81.2 cm³/mol. The number of hydrogen-bond donors (Lipinski definition) is 2. The van der Waals surface area contributed by atoms with E-state index in [2.05, 4.69) is 15.3 Å². The normalized spacial score (nSPS) is 12.2. The van der Waals surface area contributed by atoms with Crippen molar-refractivity contribution in [3.05, 3.63) is 64.2 Å². The molecule has 0 aliphatic carbocycles. The van der Waals surface area contributed by atoms with E-state index in [1.54, 1.807) is 6.07 Å². The molecule has 0 amide bonds. The Hall–Kier alpha value is -2.89. The smallest absolute Gasteiger partial charge is 0.271 e. The Morgan fingerprint density at radius 2 is 2.00 bits per heavy atom. The molecule has 0 saturated heterocycles. The van der Waals surface area contributed by atoms with Crippen molar-refractivity contribution in [2.24, 2.45) is 0 Å². The summed E-state index contributed by atoms with van der Waals surface area (Å²) in [6.45, 7) is 2.03. The van der Waals surface area contributed by atoms with Crippen molar-refractivity contribution in [2.45, 2.75) is 13.0 Å². The molecule has 106 valence electrons. The second-order valence-corrected chi connectivity index (χ2v) is 4.82. The maximum atomic E-state index is 10.8. The third kappa shape index (κ3) is 2.69. The number of hydrogen-bond acceptors (Lipinski definition) is 4. The molecule has 0 spiro atoms. The van der Waals surface area contributed by atoms with Gasteiger partial charge in [-0.3, -0.25) is 10.1 Å². The molecule has 1 aromatic heterocycles. The van der Waals surface area contributed by atoms with Crippen LogP contribution in [0, 0.1) is 10.1 Å². The second-order valence-electron chi connectivity index (χ2n) is 4.82. The zero-order valence-electron chi connectivity index (χ0n) is 11.4. The van der Waals surface area contributed by atoms with Gasteiger partial charge in [0.05, 0.1) is 22.0 Å². The number of H-pyrrole nitrogens is 1. The Kier molecular flexibility index (Phi) is 3.27. The van der Waals surface area contributed by atoms with Crippen molar-refractivity contribution < 1.29 is 4.92 Å². The molecule has 1 unspecified atom stereocenters. The van der Waals surface area contributed by atoms with Crippen LogP contribution in [0.15, 0.2) is 48.5 Å². The molecule has 1 heterocycles. The Morgan fingerprint density at radius 1 is 1.24 bits per heavy atom. The summed E-state index contributed by atoms with van der Waals surface area (Å²) in [5.41, 5.74) is 2.54. The summed E-state index contributed by atoms with van der Waals surface area (Å²) >= 11 is 0. The topological polar surface area (TPSA) is 83.8 Å². The van der Waals surface area contributed by atoms with E-state index in [1.807, 2.05) is 37.3 Å². The van der Waals surface area contributed by atoms with E-state index in [0.717, 1.165) is 5.56 Å². The fourth-order valence-corrected chi connectivity index (χ4v) is 2.21. The standard InChI is InChI=1S/C15H14N4O2/c1-10(11-5-3-2-4-6-11)16-15-17-13-8-7-12(19(20)21)9-14(13)18-15/h2-10H,1H3,(H2,16,17,18). The van der Waals surface area contributed by atoms with Gasteiger partial charge in [-0.2, -0.15) is 0 Å². The summed E-state index contributed by atoms with van der Waals surface area (Å²) in [4.78, 5) is 17.8. The van der Waals surface area contributed by atoms with E-state index in [0.29, 0.717) is 17.0 Å². The van der Waals surface area contributed by atoms with Crippen molar-refractivity contribution >= 4 is 22.7 Å². The minimum Gasteiger partial charge on any atom is -0.349 e. The van der Waals surface area contributed by atoms with E-state index in [9.17, 15) is 10.1 Å². The van der Waals surface area contributed by atoms with Gasteiger partial charge in [0.25, 0.3) is 5.69 Å². The first kappa shape index (κ1) is 13.1. The van der Waals surface area contributed by atoms with Crippen LogP contribution in [0.4, 0.5) is 11.6 Å². The lowest BCUT2D eigenvalue weighted by Gasteiger charge is -2.12. The quantitative estimate of drug-likeness (QED) is 0.565. The fraction of sp³-hybridized carbons (Fsp3) is 0.133. The molecule has 0 saturated carbocycles. The monoisotopic (exact) mass is 282 g/mol. The van der Waals surface area contributed by atoms with Crippen LogP contribution in [0.2, 0.25) is 0 Å². The first-order chi connectivity index (χ1) is 10.1. The molecule has 6 nitrogen and oxygen atoms in total. The summed E-state index contributed by atoms with van der Waals surface area (Å²) < 4.78 is 0. The third-order valence-electron chi connectivity index (χ3n) is 3.33. The predicted octanol–water partition coefficient (Wildman–Crippen LogP) is 3.64. The van der Waals surface area contributed by atoms with Gasteiger partial charge >= 0.3 is 0 Å². The molecule has 0 bridgehead atoms. The van der Waals surface area contributed by atoms with Crippen LogP contribution in [0.5, 0.6) is 0 Å². The lowest BCUT2D eigenvalue weighted by Crippen LogP contribution is -2.07. The maximum absolute atomic E-state index is 10.8. The minimum absolute atomic E-state index is 0.0498. The molecule has 21 heavy (non-hydrogen) atoms. The molecular weight excluding hydrogens is 268 g/mol.